The molecule has 0 aliphatic rings. The summed E-state index contributed by atoms with van der Waals surface area (Å²) in [5.74, 6) is -0.555. The van der Waals surface area contributed by atoms with Crippen molar-refractivity contribution in [3.63, 3.8) is 0 Å². The number of ether oxygens (including phenoxy) is 2. The molecule has 1 unspecified atom stereocenters. The maximum absolute atomic E-state index is 13.1. The van der Waals surface area contributed by atoms with Crippen molar-refractivity contribution in [3.8, 4) is 5.75 Å². The van der Waals surface area contributed by atoms with Gasteiger partial charge >= 0.3 is 12.1 Å². The van der Waals surface area contributed by atoms with Gasteiger partial charge in [-0.3, -0.25) is 0 Å². The highest BCUT2D eigenvalue weighted by Crippen LogP contribution is 2.36. The van der Waals surface area contributed by atoms with Crippen molar-refractivity contribution < 1.29 is 27.4 Å². The average molecular weight is 310 g/mol. The van der Waals surface area contributed by atoms with Crippen molar-refractivity contribution >= 4 is 5.97 Å². The molecule has 22 heavy (non-hydrogen) atoms. The Bertz CT molecular complexity index is 621. The second-order valence-corrected chi connectivity index (χ2v) is 4.47. The number of benzene rings is 2. The summed E-state index contributed by atoms with van der Waals surface area (Å²) in [5, 5.41) is 0. The minimum Gasteiger partial charge on any atom is -0.497 e. The van der Waals surface area contributed by atoms with Crippen molar-refractivity contribution in [3.05, 3.63) is 65.7 Å². The Morgan fingerprint density at radius 3 is 2.09 bits per heavy atom. The molecule has 0 aliphatic heterocycles. The van der Waals surface area contributed by atoms with Gasteiger partial charge in [-0.15, -0.1) is 0 Å². The largest absolute Gasteiger partial charge is 0.497 e. The lowest BCUT2D eigenvalue weighted by Gasteiger charge is -2.21. The average Bonchev–Trinajstić information content (AvgIpc) is 2.52. The zero-order valence-electron chi connectivity index (χ0n) is 11.6. The zero-order valence-corrected chi connectivity index (χ0v) is 11.6. The fourth-order valence-corrected chi connectivity index (χ4v) is 1.85. The molecule has 0 aromatic heterocycles. The molecular formula is C16H13F3O3. The van der Waals surface area contributed by atoms with Crippen molar-refractivity contribution in [2.45, 2.75) is 12.3 Å². The van der Waals surface area contributed by atoms with Crippen LogP contribution in [0.25, 0.3) is 0 Å². The summed E-state index contributed by atoms with van der Waals surface area (Å²) in [5.41, 5.74) is -0.108. The van der Waals surface area contributed by atoms with Crippen LogP contribution in [0.3, 0.4) is 0 Å². The van der Waals surface area contributed by atoms with Crippen LogP contribution in [0.4, 0.5) is 13.2 Å². The van der Waals surface area contributed by atoms with E-state index in [0.29, 0.717) is 5.75 Å². The number of methoxy groups -OCH3 is 1. The van der Waals surface area contributed by atoms with E-state index in [2.05, 4.69) is 4.74 Å². The molecule has 2 aromatic rings. The first-order valence-corrected chi connectivity index (χ1v) is 6.38. The smallest absolute Gasteiger partial charge is 0.429 e. The van der Waals surface area contributed by atoms with Crippen LogP contribution in [0.1, 0.15) is 22.0 Å². The van der Waals surface area contributed by atoms with Gasteiger partial charge in [0.25, 0.3) is 0 Å². The number of hydrogen-bond donors (Lipinski definition) is 0. The van der Waals surface area contributed by atoms with Crippen molar-refractivity contribution in [2.75, 3.05) is 7.11 Å². The quantitative estimate of drug-likeness (QED) is 0.796. The van der Waals surface area contributed by atoms with E-state index in [1.165, 1.54) is 55.6 Å². The van der Waals surface area contributed by atoms with E-state index >= 15 is 0 Å². The summed E-state index contributed by atoms with van der Waals surface area (Å²) in [6, 6.07) is 12.7. The molecule has 0 amide bonds. The Balaban J connectivity index is 2.21. The van der Waals surface area contributed by atoms with Gasteiger partial charge in [-0.2, -0.15) is 13.2 Å². The molecule has 0 saturated carbocycles. The molecule has 0 spiro atoms. The summed E-state index contributed by atoms with van der Waals surface area (Å²) in [4.78, 5) is 11.9. The molecule has 0 heterocycles. The molecule has 2 rings (SSSR count). The van der Waals surface area contributed by atoms with Gasteiger partial charge in [-0.25, -0.2) is 4.79 Å². The second-order valence-electron chi connectivity index (χ2n) is 4.47. The van der Waals surface area contributed by atoms with Gasteiger partial charge in [0.2, 0.25) is 6.10 Å². The van der Waals surface area contributed by atoms with E-state index in [4.69, 9.17) is 4.74 Å². The summed E-state index contributed by atoms with van der Waals surface area (Å²) in [6.45, 7) is 0. The van der Waals surface area contributed by atoms with Crippen molar-refractivity contribution in [1.82, 2.24) is 0 Å². The lowest BCUT2D eigenvalue weighted by atomic mass is 10.1. The Labute approximate surface area is 125 Å². The van der Waals surface area contributed by atoms with Crippen molar-refractivity contribution in [2.24, 2.45) is 0 Å². The van der Waals surface area contributed by atoms with Gasteiger partial charge in [-0.05, 0) is 24.3 Å². The van der Waals surface area contributed by atoms with E-state index < -0.39 is 18.2 Å². The Morgan fingerprint density at radius 2 is 1.59 bits per heavy atom. The minimum atomic E-state index is -4.69. The van der Waals surface area contributed by atoms with Gasteiger partial charge < -0.3 is 9.47 Å². The predicted molar refractivity (Wildman–Crippen MR) is 73.6 cm³/mol. The molecule has 2 aromatic carbocycles. The molecule has 0 saturated heterocycles. The molecule has 1 atom stereocenters. The van der Waals surface area contributed by atoms with Crippen LogP contribution in [0.5, 0.6) is 5.75 Å². The standard InChI is InChI=1S/C16H13F3O3/c1-21-13-9-7-12(8-10-13)15(20)22-14(16(17,18)19)11-5-3-2-4-6-11/h2-10,14H,1H3. The highest BCUT2D eigenvalue weighted by atomic mass is 19.4. The van der Waals surface area contributed by atoms with Crippen LogP contribution in [0.2, 0.25) is 0 Å². The molecule has 116 valence electrons. The second kappa shape index (κ2) is 6.51. The van der Waals surface area contributed by atoms with Gasteiger partial charge in [0, 0.05) is 5.56 Å². The van der Waals surface area contributed by atoms with Gasteiger partial charge in [0.05, 0.1) is 12.7 Å². The first-order chi connectivity index (χ1) is 10.4. The monoisotopic (exact) mass is 310 g/mol. The molecule has 6 heteroatoms. The summed E-state index contributed by atoms with van der Waals surface area (Å²) in [6.07, 6.45) is -6.99. The van der Waals surface area contributed by atoms with E-state index in [-0.39, 0.29) is 11.1 Å². The number of esters is 1. The number of rotatable bonds is 4. The zero-order chi connectivity index (χ0) is 16.2. The fourth-order valence-electron chi connectivity index (χ4n) is 1.85. The van der Waals surface area contributed by atoms with E-state index in [1.54, 1.807) is 6.07 Å². The van der Waals surface area contributed by atoms with Crippen LogP contribution in [0, 0.1) is 0 Å². The third-order valence-corrected chi connectivity index (χ3v) is 2.95. The molecular weight excluding hydrogens is 297 g/mol. The topological polar surface area (TPSA) is 35.5 Å². The molecule has 0 bridgehead atoms. The number of carbonyl (C=O) groups is 1. The van der Waals surface area contributed by atoms with Crippen LogP contribution in [0.15, 0.2) is 54.6 Å². The van der Waals surface area contributed by atoms with Crippen LogP contribution in [-0.2, 0) is 4.74 Å². The molecule has 3 nitrogen and oxygen atoms in total. The number of hydrogen-bond acceptors (Lipinski definition) is 3. The van der Waals surface area contributed by atoms with Gasteiger partial charge in [0.15, 0.2) is 0 Å². The molecule has 0 N–H and O–H groups in total. The Morgan fingerprint density at radius 1 is 1.00 bits per heavy atom. The van der Waals surface area contributed by atoms with Gasteiger partial charge in [-0.1, -0.05) is 30.3 Å². The molecule has 0 aliphatic carbocycles. The van der Waals surface area contributed by atoms with E-state index in [0.717, 1.165) is 0 Å². The van der Waals surface area contributed by atoms with Crippen LogP contribution in [-0.4, -0.2) is 19.3 Å². The van der Waals surface area contributed by atoms with Crippen molar-refractivity contribution in [1.29, 1.82) is 0 Å². The van der Waals surface area contributed by atoms with Crippen LogP contribution < -0.4 is 4.74 Å². The molecule has 0 radical (unpaired) electrons. The van der Waals surface area contributed by atoms with E-state index in [1.807, 2.05) is 0 Å². The third-order valence-electron chi connectivity index (χ3n) is 2.95. The lowest BCUT2D eigenvalue weighted by Crippen LogP contribution is -2.26. The normalized spacial score (nSPS) is 12.5. The molecule has 0 fully saturated rings. The first kappa shape index (κ1) is 15.9. The minimum absolute atomic E-state index is 0.0194. The Kier molecular flexibility index (Phi) is 4.70. The number of carbonyl (C=O) groups excluding carboxylic acids is 1. The first-order valence-electron chi connectivity index (χ1n) is 6.38. The third kappa shape index (κ3) is 3.78. The maximum atomic E-state index is 13.1. The van der Waals surface area contributed by atoms with E-state index in [9.17, 15) is 18.0 Å². The highest BCUT2D eigenvalue weighted by Gasteiger charge is 2.44. The number of halogens is 3. The summed E-state index contributed by atoms with van der Waals surface area (Å²) >= 11 is 0. The summed E-state index contributed by atoms with van der Waals surface area (Å²) < 4.78 is 48.9. The number of alkyl halides is 3. The Hall–Kier alpha value is -2.50. The van der Waals surface area contributed by atoms with Gasteiger partial charge in [0.1, 0.15) is 5.75 Å². The fraction of sp³-hybridized carbons (Fsp3) is 0.188. The SMILES string of the molecule is COc1ccc(C(=O)OC(c2ccccc2)C(F)(F)F)cc1. The summed E-state index contributed by atoms with van der Waals surface area (Å²) in [7, 11) is 1.45. The lowest BCUT2D eigenvalue weighted by molar-refractivity contribution is -0.207. The highest BCUT2D eigenvalue weighted by molar-refractivity contribution is 5.89. The predicted octanol–water partition coefficient (Wildman–Crippen LogP) is 4.16. The maximum Gasteiger partial charge on any atom is 0.429 e. The van der Waals surface area contributed by atoms with Crippen LogP contribution >= 0.6 is 0 Å².